The molecule has 1 unspecified atom stereocenters. The van der Waals surface area contributed by atoms with E-state index in [0.29, 0.717) is 19.3 Å². The average Bonchev–Trinajstić information content (AvgIpc) is 3.47. The second kappa shape index (κ2) is 71.4. The molecule has 0 aromatic rings. The summed E-state index contributed by atoms with van der Waals surface area (Å²) < 4.78 is 17.0. The van der Waals surface area contributed by atoms with E-state index in [4.69, 9.17) is 14.2 Å². The number of hydrogen-bond acceptors (Lipinski definition) is 6. The predicted octanol–water partition coefficient (Wildman–Crippen LogP) is 25.7. The quantitative estimate of drug-likeness (QED) is 0.0261. The predicted molar refractivity (Wildman–Crippen MR) is 358 cm³/mol. The highest BCUT2D eigenvalue weighted by atomic mass is 16.6. The molecule has 0 bridgehead atoms. The van der Waals surface area contributed by atoms with E-state index < -0.39 is 6.10 Å². The number of carbonyl (C=O) groups is 3. The zero-order valence-electron chi connectivity index (χ0n) is 55.8. The Kier molecular flexibility index (Phi) is 69.5. The Bertz CT molecular complexity index is 1320. The minimum Gasteiger partial charge on any atom is -0.462 e. The van der Waals surface area contributed by atoms with Gasteiger partial charge in [0, 0.05) is 19.3 Å². The van der Waals surface area contributed by atoms with E-state index in [1.807, 2.05) is 0 Å². The molecule has 0 aromatic carbocycles. The summed E-state index contributed by atoms with van der Waals surface area (Å²) in [7, 11) is 0. The third-order valence-electron chi connectivity index (χ3n) is 17.2. The van der Waals surface area contributed by atoms with E-state index in [-0.39, 0.29) is 31.1 Å². The minimum absolute atomic E-state index is 0.0691. The van der Waals surface area contributed by atoms with Crippen molar-refractivity contribution in [3.63, 3.8) is 0 Å². The second-order valence-electron chi connectivity index (χ2n) is 25.6. The number of esters is 3. The van der Waals surface area contributed by atoms with E-state index >= 15 is 0 Å². The summed E-state index contributed by atoms with van der Waals surface area (Å²) in [6, 6.07) is 0. The van der Waals surface area contributed by atoms with Crippen molar-refractivity contribution in [2.45, 2.75) is 431 Å². The third kappa shape index (κ3) is 68.7. The first-order chi connectivity index (χ1) is 40.5. The fourth-order valence-corrected chi connectivity index (χ4v) is 11.6. The lowest BCUT2D eigenvalue weighted by Crippen LogP contribution is -2.30. The molecular weight excluding hydrogens is 1010 g/mol. The van der Waals surface area contributed by atoms with E-state index in [9.17, 15) is 14.4 Å². The number of allylic oxidation sites excluding steroid dienone is 4. The molecule has 0 aromatic heterocycles. The van der Waals surface area contributed by atoms with Gasteiger partial charge < -0.3 is 14.2 Å². The Balaban J connectivity index is 4.18. The number of hydrogen-bond donors (Lipinski definition) is 0. The lowest BCUT2D eigenvalue weighted by molar-refractivity contribution is -0.167. The van der Waals surface area contributed by atoms with Crippen LogP contribution >= 0.6 is 0 Å². The fraction of sp³-hybridized carbons (Fsp3) is 0.908. The summed E-state index contributed by atoms with van der Waals surface area (Å²) in [5.74, 6) is -0.847. The van der Waals surface area contributed by atoms with E-state index in [2.05, 4.69) is 45.1 Å². The van der Waals surface area contributed by atoms with Crippen LogP contribution in [0.3, 0.4) is 0 Å². The summed E-state index contributed by atoms with van der Waals surface area (Å²) in [6.07, 6.45) is 88.0. The summed E-state index contributed by atoms with van der Waals surface area (Å²) in [6.45, 7) is 6.71. The highest BCUT2D eigenvalue weighted by molar-refractivity contribution is 5.71. The highest BCUT2D eigenvalue weighted by Crippen LogP contribution is 2.19. The molecule has 0 radical (unpaired) electrons. The van der Waals surface area contributed by atoms with E-state index in [1.165, 1.54) is 321 Å². The van der Waals surface area contributed by atoms with E-state index in [1.54, 1.807) is 0 Å². The average molecular weight is 1150 g/mol. The van der Waals surface area contributed by atoms with Crippen molar-refractivity contribution >= 4 is 17.9 Å². The molecule has 0 heterocycles. The molecule has 0 aliphatic rings. The van der Waals surface area contributed by atoms with Crippen LogP contribution in [0.2, 0.25) is 0 Å². The van der Waals surface area contributed by atoms with Gasteiger partial charge in [0.25, 0.3) is 0 Å². The van der Waals surface area contributed by atoms with Crippen LogP contribution in [-0.4, -0.2) is 37.2 Å². The Hall–Kier alpha value is -2.11. The fourth-order valence-electron chi connectivity index (χ4n) is 11.6. The van der Waals surface area contributed by atoms with Gasteiger partial charge >= 0.3 is 17.9 Å². The van der Waals surface area contributed by atoms with Gasteiger partial charge in [0.1, 0.15) is 13.2 Å². The summed E-state index contributed by atoms with van der Waals surface area (Å²) in [5.41, 5.74) is 0. The molecule has 82 heavy (non-hydrogen) atoms. The van der Waals surface area contributed by atoms with Gasteiger partial charge in [-0.2, -0.15) is 0 Å². The standard InChI is InChI=1S/C76H144O6/c1-4-7-10-13-16-19-22-25-28-30-32-33-34-35-36-37-38-39-40-41-42-44-45-48-51-54-57-60-63-66-69-75(78)81-72-73(71-80-74(77)68-65-62-59-56-53-50-47-27-24-21-18-15-12-9-6-3)82-76(79)70-67-64-61-58-55-52-49-46-43-31-29-26-23-20-17-14-11-8-5-2/h26-27,29,47,73H,4-25,28,30-46,48-72H2,1-3H3/b29-26-,47-27-. The van der Waals surface area contributed by atoms with Crippen LogP contribution in [0.4, 0.5) is 0 Å². The molecule has 0 amide bonds. The molecule has 484 valence electrons. The molecule has 6 heteroatoms. The lowest BCUT2D eigenvalue weighted by Gasteiger charge is -2.18. The van der Waals surface area contributed by atoms with Crippen molar-refractivity contribution in [1.82, 2.24) is 0 Å². The Morgan fingerprint density at radius 1 is 0.232 bits per heavy atom. The number of carbonyl (C=O) groups excluding carboxylic acids is 3. The van der Waals surface area contributed by atoms with Gasteiger partial charge in [0.15, 0.2) is 6.10 Å². The number of rotatable bonds is 70. The van der Waals surface area contributed by atoms with Gasteiger partial charge in [-0.1, -0.05) is 360 Å². The maximum Gasteiger partial charge on any atom is 0.306 e. The zero-order valence-corrected chi connectivity index (χ0v) is 55.8. The molecule has 0 aliphatic heterocycles. The Morgan fingerprint density at radius 2 is 0.402 bits per heavy atom. The molecule has 0 spiro atoms. The molecule has 0 fully saturated rings. The highest BCUT2D eigenvalue weighted by Gasteiger charge is 2.20. The van der Waals surface area contributed by atoms with Crippen LogP contribution < -0.4 is 0 Å². The molecule has 1 atom stereocenters. The summed E-state index contributed by atoms with van der Waals surface area (Å²) in [4.78, 5) is 38.5. The maximum atomic E-state index is 13.0. The largest absolute Gasteiger partial charge is 0.462 e. The van der Waals surface area contributed by atoms with Crippen molar-refractivity contribution in [3.8, 4) is 0 Å². The number of ether oxygens (including phenoxy) is 3. The third-order valence-corrected chi connectivity index (χ3v) is 17.2. The van der Waals surface area contributed by atoms with E-state index in [0.717, 1.165) is 64.2 Å². The topological polar surface area (TPSA) is 78.9 Å². The van der Waals surface area contributed by atoms with Crippen molar-refractivity contribution < 1.29 is 28.6 Å². The molecule has 6 nitrogen and oxygen atoms in total. The van der Waals surface area contributed by atoms with Crippen molar-refractivity contribution in [2.75, 3.05) is 13.2 Å². The van der Waals surface area contributed by atoms with Gasteiger partial charge in [-0.3, -0.25) is 14.4 Å². The SMILES string of the molecule is CCCCCCCC/C=C\CCCCCCCCCCCC(=O)OC(COC(=O)CCCCCCC/C=C\CCCCCCCC)COC(=O)CCCCCCCCCCCCCCCCCCCCCCCCCCCCCCCC. The maximum absolute atomic E-state index is 13.0. The molecule has 0 saturated carbocycles. The van der Waals surface area contributed by atoms with Gasteiger partial charge in [-0.15, -0.1) is 0 Å². The molecule has 0 saturated heterocycles. The first-order valence-electron chi connectivity index (χ1n) is 37.3. The van der Waals surface area contributed by atoms with Crippen molar-refractivity contribution in [2.24, 2.45) is 0 Å². The van der Waals surface area contributed by atoms with Crippen LogP contribution in [-0.2, 0) is 28.6 Å². The summed E-state index contributed by atoms with van der Waals surface area (Å²) in [5, 5.41) is 0. The zero-order chi connectivity index (χ0) is 59.2. The smallest absolute Gasteiger partial charge is 0.306 e. The normalized spacial score (nSPS) is 12.1. The monoisotopic (exact) mass is 1150 g/mol. The van der Waals surface area contributed by atoms with Crippen LogP contribution in [0.1, 0.15) is 425 Å². The summed E-state index contributed by atoms with van der Waals surface area (Å²) >= 11 is 0. The van der Waals surface area contributed by atoms with Crippen molar-refractivity contribution in [3.05, 3.63) is 24.3 Å². The van der Waals surface area contributed by atoms with Crippen LogP contribution in [0.15, 0.2) is 24.3 Å². The Morgan fingerprint density at radius 3 is 0.610 bits per heavy atom. The van der Waals surface area contributed by atoms with Crippen LogP contribution in [0, 0.1) is 0 Å². The van der Waals surface area contributed by atoms with Crippen LogP contribution in [0.5, 0.6) is 0 Å². The Labute approximate surface area is 513 Å². The molecule has 0 aliphatic carbocycles. The molecule has 0 N–H and O–H groups in total. The van der Waals surface area contributed by atoms with Crippen LogP contribution in [0.25, 0.3) is 0 Å². The second-order valence-corrected chi connectivity index (χ2v) is 25.6. The molecular formula is C76H144O6. The number of unbranched alkanes of at least 4 members (excludes halogenated alkanes) is 55. The van der Waals surface area contributed by atoms with Gasteiger partial charge in [-0.25, -0.2) is 0 Å². The lowest BCUT2D eigenvalue weighted by atomic mass is 10.0. The molecule has 0 rings (SSSR count). The minimum atomic E-state index is -0.774. The van der Waals surface area contributed by atoms with Crippen molar-refractivity contribution in [1.29, 1.82) is 0 Å². The van der Waals surface area contributed by atoms with Gasteiger partial charge in [-0.05, 0) is 70.6 Å². The van der Waals surface area contributed by atoms with Gasteiger partial charge in [0.2, 0.25) is 0 Å². The van der Waals surface area contributed by atoms with Gasteiger partial charge in [0.05, 0.1) is 0 Å². The first-order valence-corrected chi connectivity index (χ1v) is 37.3. The first kappa shape index (κ1) is 79.9.